The number of nitrogens with one attached hydrogen (secondary N) is 1. The van der Waals surface area contributed by atoms with E-state index in [1.165, 1.54) is 11.1 Å². The largest absolute Gasteiger partial charge is 0.373 e. The maximum atomic E-state index is 12.5. The number of fused-ring (bicyclic) bond motifs is 1. The Morgan fingerprint density at radius 2 is 2.00 bits per heavy atom. The van der Waals surface area contributed by atoms with Gasteiger partial charge in [-0.25, -0.2) is 4.98 Å². The third-order valence-electron chi connectivity index (χ3n) is 3.68. The first-order valence-electron chi connectivity index (χ1n) is 6.78. The van der Waals surface area contributed by atoms with Gasteiger partial charge in [-0.05, 0) is 29.7 Å². The average Bonchev–Trinajstić information content (AvgIpc) is 2.54. The van der Waals surface area contributed by atoms with Gasteiger partial charge in [0.1, 0.15) is 5.82 Å². The summed E-state index contributed by atoms with van der Waals surface area (Å²) in [5.41, 5.74) is 3.23. The maximum Gasteiger partial charge on any atom is 0.255 e. The van der Waals surface area contributed by atoms with Gasteiger partial charge >= 0.3 is 0 Å². The standard InChI is InChI=1S/C16H17N3O/c1-17-15-7-6-13(10-18-15)16(20)19-9-8-12-4-2-3-5-14(12)11-19/h2-7,10H,8-9,11H2,1H3,(H,17,18). The summed E-state index contributed by atoms with van der Waals surface area (Å²) in [7, 11) is 1.81. The Kier molecular flexibility index (Phi) is 3.37. The number of hydrogen-bond acceptors (Lipinski definition) is 3. The van der Waals surface area contributed by atoms with Crippen molar-refractivity contribution < 1.29 is 4.79 Å². The Labute approximate surface area is 118 Å². The van der Waals surface area contributed by atoms with E-state index in [-0.39, 0.29) is 5.91 Å². The third-order valence-corrected chi connectivity index (χ3v) is 3.68. The van der Waals surface area contributed by atoms with E-state index >= 15 is 0 Å². The Bertz CT molecular complexity index is 622. The molecule has 0 bridgehead atoms. The quantitative estimate of drug-likeness (QED) is 0.908. The summed E-state index contributed by atoms with van der Waals surface area (Å²) in [5, 5.41) is 2.95. The van der Waals surface area contributed by atoms with E-state index < -0.39 is 0 Å². The summed E-state index contributed by atoms with van der Waals surface area (Å²) in [6, 6.07) is 12.0. The molecule has 2 heterocycles. The molecule has 1 N–H and O–H groups in total. The predicted molar refractivity (Wildman–Crippen MR) is 78.7 cm³/mol. The highest BCUT2D eigenvalue weighted by Gasteiger charge is 2.21. The summed E-state index contributed by atoms with van der Waals surface area (Å²) >= 11 is 0. The van der Waals surface area contributed by atoms with Crippen LogP contribution in [0.4, 0.5) is 5.82 Å². The molecule has 0 spiro atoms. The molecule has 0 saturated carbocycles. The zero-order valence-corrected chi connectivity index (χ0v) is 11.5. The number of hydrogen-bond donors (Lipinski definition) is 1. The van der Waals surface area contributed by atoms with Crippen molar-refractivity contribution in [1.29, 1.82) is 0 Å². The van der Waals surface area contributed by atoms with Crippen LogP contribution in [-0.4, -0.2) is 29.4 Å². The van der Waals surface area contributed by atoms with Crippen molar-refractivity contribution in [3.05, 3.63) is 59.3 Å². The minimum absolute atomic E-state index is 0.0506. The van der Waals surface area contributed by atoms with Gasteiger partial charge in [-0.2, -0.15) is 0 Å². The second-order valence-corrected chi connectivity index (χ2v) is 4.93. The molecule has 2 aromatic rings. The van der Waals surface area contributed by atoms with E-state index in [9.17, 15) is 4.79 Å². The fraction of sp³-hybridized carbons (Fsp3) is 0.250. The minimum atomic E-state index is 0.0506. The molecule has 0 unspecified atom stereocenters. The number of benzene rings is 1. The lowest BCUT2D eigenvalue weighted by Crippen LogP contribution is -2.35. The summed E-state index contributed by atoms with van der Waals surface area (Å²) in [6.07, 6.45) is 2.55. The molecule has 0 saturated heterocycles. The molecule has 1 aliphatic rings. The zero-order valence-electron chi connectivity index (χ0n) is 11.5. The zero-order chi connectivity index (χ0) is 13.9. The number of rotatable bonds is 2. The monoisotopic (exact) mass is 267 g/mol. The van der Waals surface area contributed by atoms with Crippen molar-refractivity contribution in [1.82, 2.24) is 9.88 Å². The molecule has 0 atom stereocenters. The van der Waals surface area contributed by atoms with E-state index in [0.717, 1.165) is 18.8 Å². The summed E-state index contributed by atoms with van der Waals surface area (Å²) in [5.74, 6) is 0.820. The van der Waals surface area contributed by atoms with Crippen molar-refractivity contribution in [3.63, 3.8) is 0 Å². The molecule has 1 amide bonds. The number of anilines is 1. The van der Waals surface area contributed by atoms with Crippen molar-refractivity contribution in [2.75, 3.05) is 18.9 Å². The van der Waals surface area contributed by atoms with Gasteiger partial charge in [0, 0.05) is 26.3 Å². The van der Waals surface area contributed by atoms with Gasteiger partial charge in [0.15, 0.2) is 0 Å². The molecule has 3 rings (SSSR count). The molecular weight excluding hydrogens is 250 g/mol. The normalized spacial score (nSPS) is 13.8. The lowest BCUT2D eigenvalue weighted by molar-refractivity contribution is 0.0734. The summed E-state index contributed by atoms with van der Waals surface area (Å²) in [4.78, 5) is 18.6. The number of nitrogens with zero attached hydrogens (tertiary/aromatic N) is 2. The molecular formula is C16H17N3O. The van der Waals surface area contributed by atoms with Crippen LogP contribution in [0.2, 0.25) is 0 Å². The molecule has 20 heavy (non-hydrogen) atoms. The number of amides is 1. The first-order valence-corrected chi connectivity index (χ1v) is 6.78. The van der Waals surface area contributed by atoms with E-state index in [2.05, 4.69) is 28.5 Å². The second kappa shape index (κ2) is 5.33. The Hall–Kier alpha value is -2.36. The van der Waals surface area contributed by atoms with Crippen LogP contribution < -0.4 is 5.32 Å². The molecule has 102 valence electrons. The molecule has 1 aliphatic heterocycles. The van der Waals surface area contributed by atoms with Crippen molar-refractivity contribution in [2.45, 2.75) is 13.0 Å². The molecule has 1 aromatic heterocycles. The maximum absolute atomic E-state index is 12.5. The number of aromatic nitrogens is 1. The van der Waals surface area contributed by atoms with Crippen LogP contribution in [0, 0.1) is 0 Å². The number of carbonyl (C=O) groups excluding carboxylic acids is 1. The predicted octanol–water partition coefficient (Wildman–Crippen LogP) is 2.32. The second-order valence-electron chi connectivity index (χ2n) is 4.93. The first-order chi connectivity index (χ1) is 9.78. The first kappa shape index (κ1) is 12.7. The average molecular weight is 267 g/mol. The molecule has 0 aliphatic carbocycles. The Morgan fingerprint density at radius 1 is 1.20 bits per heavy atom. The highest BCUT2D eigenvalue weighted by atomic mass is 16.2. The van der Waals surface area contributed by atoms with Gasteiger partial charge in [0.2, 0.25) is 0 Å². The number of carbonyl (C=O) groups is 1. The molecule has 4 nitrogen and oxygen atoms in total. The van der Waals surface area contributed by atoms with Crippen LogP contribution in [0.25, 0.3) is 0 Å². The smallest absolute Gasteiger partial charge is 0.255 e. The lowest BCUT2D eigenvalue weighted by atomic mass is 9.99. The van der Waals surface area contributed by atoms with E-state index in [4.69, 9.17) is 0 Å². The van der Waals surface area contributed by atoms with Gasteiger partial charge in [0.25, 0.3) is 5.91 Å². The van der Waals surface area contributed by atoms with Crippen molar-refractivity contribution in [3.8, 4) is 0 Å². The van der Waals surface area contributed by atoms with Crippen LogP contribution in [0.1, 0.15) is 21.5 Å². The van der Waals surface area contributed by atoms with Crippen molar-refractivity contribution >= 4 is 11.7 Å². The SMILES string of the molecule is CNc1ccc(C(=O)N2CCc3ccccc3C2)cn1. The van der Waals surface area contributed by atoms with Gasteiger partial charge in [-0.3, -0.25) is 4.79 Å². The van der Waals surface area contributed by atoms with Crippen LogP contribution in [0.3, 0.4) is 0 Å². The van der Waals surface area contributed by atoms with Crippen LogP contribution in [0.5, 0.6) is 0 Å². The van der Waals surface area contributed by atoms with Gasteiger partial charge in [0.05, 0.1) is 5.56 Å². The van der Waals surface area contributed by atoms with Crippen LogP contribution in [0.15, 0.2) is 42.6 Å². The topological polar surface area (TPSA) is 45.2 Å². The fourth-order valence-electron chi connectivity index (χ4n) is 2.52. The highest BCUT2D eigenvalue weighted by molar-refractivity contribution is 5.94. The number of pyridine rings is 1. The van der Waals surface area contributed by atoms with Crippen molar-refractivity contribution in [2.24, 2.45) is 0 Å². The van der Waals surface area contributed by atoms with Gasteiger partial charge in [-0.15, -0.1) is 0 Å². The Balaban J connectivity index is 1.78. The van der Waals surface area contributed by atoms with Gasteiger partial charge < -0.3 is 10.2 Å². The van der Waals surface area contributed by atoms with E-state index in [0.29, 0.717) is 12.1 Å². The molecule has 0 radical (unpaired) electrons. The van der Waals surface area contributed by atoms with Crippen LogP contribution in [-0.2, 0) is 13.0 Å². The highest BCUT2D eigenvalue weighted by Crippen LogP contribution is 2.20. The third kappa shape index (κ3) is 2.37. The fourth-order valence-corrected chi connectivity index (χ4v) is 2.52. The van der Waals surface area contributed by atoms with E-state index in [1.807, 2.05) is 30.1 Å². The molecule has 0 fully saturated rings. The summed E-state index contributed by atoms with van der Waals surface area (Å²) < 4.78 is 0. The van der Waals surface area contributed by atoms with Crippen LogP contribution >= 0.6 is 0 Å². The lowest BCUT2D eigenvalue weighted by Gasteiger charge is -2.28. The molecule has 4 heteroatoms. The van der Waals surface area contributed by atoms with Gasteiger partial charge in [-0.1, -0.05) is 24.3 Å². The van der Waals surface area contributed by atoms with E-state index in [1.54, 1.807) is 6.20 Å². The summed E-state index contributed by atoms with van der Waals surface area (Å²) in [6.45, 7) is 1.45. The Morgan fingerprint density at radius 3 is 2.70 bits per heavy atom. The minimum Gasteiger partial charge on any atom is -0.373 e. The molecule has 1 aromatic carbocycles.